The Morgan fingerprint density at radius 1 is 1.23 bits per heavy atom. The van der Waals surface area contributed by atoms with Crippen molar-refractivity contribution >= 4 is 5.96 Å². The molecular weight excluding hydrogens is 409 g/mol. The number of halogens is 3. The van der Waals surface area contributed by atoms with Gasteiger partial charge in [-0.25, -0.2) is 4.98 Å². The summed E-state index contributed by atoms with van der Waals surface area (Å²) in [6.45, 7) is 3.27. The number of guanidine groups is 1. The molecule has 9 heteroatoms. The Morgan fingerprint density at radius 2 is 2.03 bits per heavy atom. The molecule has 6 nitrogen and oxygen atoms in total. The van der Waals surface area contributed by atoms with Crippen molar-refractivity contribution in [3.05, 3.63) is 59.8 Å². The van der Waals surface area contributed by atoms with E-state index >= 15 is 0 Å². The van der Waals surface area contributed by atoms with Crippen LogP contribution in [0.1, 0.15) is 17.5 Å². The van der Waals surface area contributed by atoms with Gasteiger partial charge in [-0.1, -0.05) is 30.3 Å². The van der Waals surface area contributed by atoms with Gasteiger partial charge in [0.05, 0.1) is 19.8 Å². The number of alkyl halides is 3. The van der Waals surface area contributed by atoms with Gasteiger partial charge < -0.3 is 19.7 Å². The van der Waals surface area contributed by atoms with Gasteiger partial charge in [-0.3, -0.25) is 4.99 Å². The van der Waals surface area contributed by atoms with Gasteiger partial charge in [-0.15, -0.1) is 0 Å². The zero-order chi connectivity index (χ0) is 22.1. The lowest BCUT2D eigenvalue weighted by molar-refractivity contribution is -0.139. The smallest absolute Gasteiger partial charge is 0.421 e. The van der Waals surface area contributed by atoms with Crippen molar-refractivity contribution in [2.24, 2.45) is 10.9 Å². The second kappa shape index (κ2) is 11.0. The van der Waals surface area contributed by atoms with Crippen LogP contribution in [0.2, 0.25) is 0 Å². The van der Waals surface area contributed by atoms with Crippen molar-refractivity contribution in [1.82, 2.24) is 15.2 Å². The van der Waals surface area contributed by atoms with E-state index in [2.05, 4.69) is 20.2 Å². The Bertz CT molecular complexity index is 846. The number of aliphatic imine (C=N–C) groups is 1. The van der Waals surface area contributed by atoms with Crippen LogP contribution >= 0.6 is 0 Å². The minimum atomic E-state index is -4.50. The average molecular weight is 436 g/mol. The Labute approximate surface area is 180 Å². The molecule has 2 aromatic rings. The number of benzene rings is 1. The third kappa shape index (κ3) is 6.85. The molecule has 1 unspecified atom stereocenters. The summed E-state index contributed by atoms with van der Waals surface area (Å²) < 4.78 is 50.1. The predicted molar refractivity (Wildman–Crippen MR) is 112 cm³/mol. The number of nitrogens with one attached hydrogen (secondary N) is 1. The van der Waals surface area contributed by atoms with E-state index in [9.17, 15) is 13.2 Å². The van der Waals surface area contributed by atoms with Crippen LogP contribution in [0.4, 0.5) is 13.2 Å². The number of rotatable bonds is 8. The van der Waals surface area contributed by atoms with E-state index in [0.717, 1.165) is 31.1 Å². The first kappa shape index (κ1) is 22.9. The van der Waals surface area contributed by atoms with Crippen molar-refractivity contribution in [3.63, 3.8) is 0 Å². The van der Waals surface area contributed by atoms with Crippen LogP contribution in [0.15, 0.2) is 53.7 Å². The fourth-order valence-corrected chi connectivity index (χ4v) is 3.44. The fourth-order valence-electron chi connectivity index (χ4n) is 3.44. The van der Waals surface area contributed by atoms with Crippen molar-refractivity contribution in [2.45, 2.75) is 19.2 Å². The summed E-state index contributed by atoms with van der Waals surface area (Å²) >= 11 is 0. The number of likely N-dealkylation sites (tertiary alicyclic amines) is 1. The monoisotopic (exact) mass is 436 g/mol. The lowest BCUT2D eigenvalue weighted by Gasteiger charge is -2.22. The second-order valence-electron chi connectivity index (χ2n) is 7.28. The lowest BCUT2D eigenvalue weighted by atomic mass is 10.1. The van der Waals surface area contributed by atoms with Gasteiger partial charge in [0.25, 0.3) is 0 Å². The van der Waals surface area contributed by atoms with E-state index in [0.29, 0.717) is 31.6 Å². The molecule has 0 saturated carbocycles. The normalized spacial score (nSPS) is 17.1. The van der Waals surface area contributed by atoms with Gasteiger partial charge in [0, 0.05) is 32.3 Å². The summed E-state index contributed by atoms with van der Waals surface area (Å²) in [6, 6.07) is 12.2. The number of hydrogen-bond donors (Lipinski definition) is 1. The van der Waals surface area contributed by atoms with Gasteiger partial charge >= 0.3 is 6.18 Å². The summed E-state index contributed by atoms with van der Waals surface area (Å²) in [5, 5.41) is 3.14. The Balaban J connectivity index is 1.39. The summed E-state index contributed by atoms with van der Waals surface area (Å²) in [7, 11) is 1.68. The number of aromatic nitrogens is 1. The minimum absolute atomic E-state index is 0.0383. The molecule has 0 amide bonds. The lowest BCUT2D eigenvalue weighted by Crippen LogP contribution is -2.41. The molecule has 3 rings (SSSR count). The number of pyridine rings is 1. The molecule has 1 N–H and O–H groups in total. The van der Waals surface area contributed by atoms with E-state index in [4.69, 9.17) is 9.47 Å². The molecule has 1 aliphatic heterocycles. The SMILES string of the molecule is CN=C(NCCOc1ncccc1C(F)(F)F)N1CCC(COCc2ccccc2)C1. The fraction of sp³-hybridized carbons (Fsp3) is 0.455. The maximum atomic E-state index is 13.0. The van der Waals surface area contributed by atoms with Gasteiger partial charge in [-0.2, -0.15) is 13.2 Å². The molecule has 1 aromatic heterocycles. The highest BCUT2D eigenvalue weighted by Crippen LogP contribution is 2.34. The Hall–Kier alpha value is -2.81. The van der Waals surface area contributed by atoms with E-state index in [-0.39, 0.29) is 6.61 Å². The molecule has 1 atom stereocenters. The molecule has 1 aliphatic rings. The third-order valence-electron chi connectivity index (χ3n) is 4.96. The van der Waals surface area contributed by atoms with Gasteiger partial charge in [0.15, 0.2) is 5.96 Å². The molecule has 0 bridgehead atoms. The molecule has 1 aromatic carbocycles. The largest absolute Gasteiger partial charge is 0.475 e. The minimum Gasteiger partial charge on any atom is -0.475 e. The van der Waals surface area contributed by atoms with Crippen LogP contribution in [-0.4, -0.2) is 55.7 Å². The zero-order valence-corrected chi connectivity index (χ0v) is 17.4. The van der Waals surface area contributed by atoms with E-state index in [1.807, 2.05) is 30.3 Å². The molecule has 0 radical (unpaired) electrons. The van der Waals surface area contributed by atoms with E-state index < -0.39 is 17.6 Å². The summed E-state index contributed by atoms with van der Waals surface area (Å²) in [4.78, 5) is 10.1. The average Bonchev–Trinajstić information content (AvgIpc) is 3.23. The van der Waals surface area contributed by atoms with Crippen molar-refractivity contribution in [3.8, 4) is 5.88 Å². The Kier molecular flexibility index (Phi) is 8.11. The highest BCUT2D eigenvalue weighted by atomic mass is 19.4. The molecule has 0 spiro atoms. The highest BCUT2D eigenvalue weighted by molar-refractivity contribution is 5.80. The van der Waals surface area contributed by atoms with Crippen LogP contribution in [0, 0.1) is 5.92 Å². The summed E-state index contributed by atoms with van der Waals surface area (Å²) in [5.74, 6) is 0.691. The second-order valence-corrected chi connectivity index (χ2v) is 7.28. The Morgan fingerprint density at radius 3 is 2.77 bits per heavy atom. The van der Waals surface area contributed by atoms with Crippen LogP contribution < -0.4 is 10.1 Å². The maximum Gasteiger partial charge on any atom is 0.421 e. The first-order chi connectivity index (χ1) is 15.0. The van der Waals surface area contributed by atoms with Crippen molar-refractivity contribution < 1.29 is 22.6 Å². The first-order valence-corrected chi connectivity index (χ1v) is 10.2. The summed E-state index contributed by atoms with van der Waals surface area (Å²) in [6.07, 6.45) is -2.23. The zero-order valence-electron chi connectivity index (χ0n) is 17.4. The van der Waals surface area contributed by atoms with Gasteiger partial charge in [0.1, 0.15) is 12.2 Å². The van der Waals surface area contributed by atoms with Gasteiger partial charge in [0.2, 0.25) is 5.88 Å². The van der Waals surface area contributed by atoms with Crippen molar-refractivity contribution in [2.75, 3.05) is 39.9 Å². The molecule has 168 valence electrons. The quantitative estimate of drug-likeness (QED) is 0.389. The molecular formula is C22H27F3N4O2. The molecule has 2 heterocycles. The predicted octanol–water partition coefficient (Wildman–Crippen LogP) is 3.59. The van der Waals surface area contributed by atoms with Crippen LogP contribution in [0.5, 0.6) is 5.88 Å². The highest BCUT2D eigenvalue weighted by Gasteiger charge is 2.35. The number of nitrogens with zero attached hydrogens (tertiary/aromatic N) is 3. The molecule has 1 saturated heterocycles. The molecule has 1 fully saturated rings. The third-order valence-corrected chi connectivity index (χ3v) is 4.96. The van der Waals surface area contributed by atoms with Crippen LogP contribution in [0.25, 0.3) is 0 Å². The van der Waals surface area contributed by atoms with E-state index in [1.54, 1.807) is 7.05 Å². The van der Waals surface area contributed by atoms with E-state index in [1.165, 1.54) is 12.3 Å². The number of hydrogen-bond acceptors (Lipinski definition) is 4. The molecule has 31 heavy (non-hydrogen) atoms. The summed E-state index contributed by atoms with van der Waals surface area (Å²) in [5.41, 5.74) is 0.272. The van der Waals surface area contributed by atoms with Crippen molar-refractivity contribution in [1.29, 1.82) is 0 Å². The van der Waals surface area contributed by atoms with Crippen LogP contribution in [-0.2, 0) is 17.5 Å². The standard InChI is InChI=1S/C22H27F3N4O2/c1-26-21(28-11-13-31-20-19(22(23,24)25)8-5-10-27-20)29-12-9-18(14-29)16-30-15-17-6-3-2-4-7-17/h2-8,10,18H,9,11-16H2,1H3,(H,26,28). The molecule has 0 aliphatic carbocycles. The van der Waals surface area contributed by atoms with Gasteiger partial charge in [-0.05, 0) is 24.1 Å². The maximum absolute atomic E-state index is 13.0. The van der Waals surface area contributed by atoms with Crippen LogP contribution in [0.3, 0.4) is 0 Å². The topological polar surface area (TPSA) is 59.0 Å². The number of ether oxygens (including phenoxy) is 2. The first-order valence-electron chi connectivity index (χ1n) is 10.2.